The minimum absolute atomic E-state index is 0.000741. The average molecular weight is 1670 g/mol. The van der Waals surface area contributed by atoms with Crippen LogP contribution in [0.25, 0.3) is 87.2 Å². The van der Waals surface area contributed by atoms with Crippen molar-refractivity contribution in [2.75, 3.05) is 67.5 Å². The monoisotopic (exact) mass is 1670 g/mol. The lowest BCUT2D eigenvalue weighted by Gasteiger charge is -2.25. The van der Waals surface area contributed by atoms with Gasteiger partial charge >= 0.3 is 0 Å². The number of nitrogens with two attached hydrogens (primary N) is 1. The second kappa shape index (κ2) is 38.8. The lowest BCUT2D eigenvalue weighted by atomic mass is 9.81. The standard InChI is InChI=1S/C28H28N6O2.C25H29N7O3.C24H28N6O2.C16H20N4O/c1-18-24-25(33-32-18)21-16-23(28(2,3)20-10-13-29-14-11-20)31-17-22(21)34(27(24)36)15-7-12-30-26(35)19-8-5-4-6-9-19;1-16-21-22(30-29-16)18-14-19(24(34)27-11-13-31(2)3)28-15-20(18)32(25(21)35)12-7-10-26-23(33)17-8-5-4-6-9-17;1-16-21-22(28-27-16)19-14-18(10-13-29(2)3)26-15-20(19)30(24(21)32)12-7-11-25-23(31)17-8-5-4-6-9-17;1-10-13-14(19-18-10)11-6-4-5-7-12(11)20(15(13)21)9-8-16(2,3)17/h4-6,8-11,13-14,16-17H,7,12,15H2,1-3H3,(H,30,35)(H,32,33);4-6,8-9,14-15H,7,10-13H2,1-3H3,(H,26,33)(H,27,34)(H,29,30);4-6,8-9,14-15H,7,10-13H2,1-3H3,(H,25,31)(H,27,28);4-7H,8-9,17H2,1-3H3,(H,18,19). The van der Waals surface area contributed by atoms with Gasteiger partial charge in [-0.05, 0) is 174 Å². The van der Waals surface area contributed by atoms with Crippen LogP contribution in [0.5, 0.6) is 0 Å². The summed E-state index contributed by atoms with van der Waals surface area (Å²) >= 11 is 0. The Balaban J connectivity index is 0.000000144. The predicted octanol–water partition coefficient (Wildman–Crippen LogP) is 10.6. The first kappa shape index (κ1) is 87.8. The Hall–Kier alpha value is -14.0. The lowest BCUT2D eigenvalue weighted by molar-refractivity contribution is 0.0939. The Morgan fingerprint density at radius 3 is 1.21 bits per heavy atom. The molecule has 0 atom stereocenters. The van der Waals surface area contributed by atoms with Crippen LogP contribution in [0.2, 0.25) is 0 Å². The summed E-state index contributed by atoms with van der Waals surface area (Å²) < 4.78 is 6.94. The number of hydrogen-bond acceptors (Lipinski definition) is 19. The molecule has 0 aliphatic heterocycles. The molecular formula is C93H105N23O8. The number of pyridine rings is 8. The van der Waals surface area contributed by atoms with Gasteiger partial charge in [-0.15, -0.1) is 0 Å². The highest BCUT2D eigenvalue weighted by atomic mass is 16.2. The fraction of sp³-hybridized carbons (Fsp3) is 0.312. The number of H-pyrrole nitrogens is 4. The van der Waals surface area contributed by atoms with Crippen molar-refractivity contribution in [3.63, 3.8) is 0 Å². The van der Waals surface area contributed by atoms with Crippen molar-refractivity contribution in [3.8, 4) is 0 Å². The summed E-state index contributed by atoms with van der Waals surface area (Å²) in [5.74, 6) is -0.680. The number of carbonyl (C=O) groups is 4. The number of amides is 4. The van der Waals surface area contributed by atoms with Crippen LogP contribution in [0.3, 0.4) is 0 Å². The number of aromatic nitrogens is 16. The van der Waals surface area contributed by atoms with Crippen LogP contribution in [0.15, 0.2) is 196 Å². The Bertz CT molecular complexity index is 6820. The number of fused-ring (bicyclic) bond motifs is 12. The van der Waals surface area contributed by atoms with Gasteiger partial charge in [0, 0.05) is 162 Å². The Morgan fingerprint density at radius 2 is 0.782 bits per heavy atom. The van der Waals surface area contributed by atoms with E-state index in [1.54, 1.807) is 94.1 Å². The molecule has 0 fully saturated rings. The van der Waals surface area contributed by atoms with Gasteiger partial charge in [-0.1, -0.05) is 86.6 Å². The van der Waals surface area contributed by atoms with Crippen molar-refractivity contribution >= 4 is 111 Å². The molecule has 0 bridgehead atoms. The molecule has 16 aromatic rings. The highest BCUT2D eigenvalue weighted by Gasteiger charge is 2.28. The first-order valence-corrected chi connectivity index (χ1v) is 41.4. The van der Waals surface area contributed by atoms with Crippen molar-refractivity contribution in [3.05, 3.63) is 280 Å². The number of nitrogens with zero attached hydrogens (tertiary/aromatic N) is 14. The Labute approximate surface area is 714 Å². The summed E-state index contributed by atoms with van der Waals surface area (Å²) in [6.07, 6.45) is 12.0. The normalized spacial score (nSPS) is 11.7. The van der Waals surface area contributed by atoms with E-state index >= 15 is 0 Å². The minimum Gasteiger partial charge on any atom is -0.352 e. The highest BCUT2D eigenvalue weighted by Crippen LogP contribution is 2.34. The van der Waals surface area contributed by atoms with E-state index in [9.17, 15) is 38.4 Å². The second-order valence-corrected chi connectivity index (χ2v) is 32.6. The molecule has 0 unspecified atom stereocenters. The van der Waals surface area contributed by atoms with E-state index in [1.807, 2.05) is 175 Å². The molecule has 0 saturated heterocycles. The summed E-state index contributed by atoms with van der Waals surface area (Å²) in [5, 5.41) is 46.6. The molecule has 0 aliphatic rings. The van der Waals surface area contributed by atoms with Crippen molar-refractivity contribution < 1.29 is 19.2 Å². The zero-order valence-corrected chi connectivity index (χ0v) is 72.0. The summed E-state index contributed by atoms with van der Waals surface area (Å²) in [7, 11) is 7.93. The summed E-state index contributed by atoms with van der Waals surface area (Å²) in [5.41, 5.74) is 18.6. The molecule has 31 nitrogen and oxygen atoms in total. The van der Waals surface area contributed by atoms with Crippen molar-refractivity contribution in [2.24, 2.45) is 5.73 Å². The molecule has 12 heterocycles. The summed E-state index contributed by atoms with van der Waals surface area (Å²) in [6.45, 7) is 20.9. The van der Waals surface area contributed by atoms with E-state index in [-0.39, 0.29) is 62.5 Å². The largest absolute Gasteiger partial charge is 0.352 e. The van der Waals surface area contributed by atoms with Gasteiger partial charge in [0.1, 0.15) is 27.8 Å². The van der Waals surface area contributed by atoms with E-state index < -0.39 is 0 Å². The zero-order valence-electron chi connectivity index (χ0n) is 72.0. The van der Waals surface area contributed by atoms with Crippen LogP contribution >= 0.6 is 0 Å². The maximum Gasteiger partial charge on any atom is 0.269 e. The molecule has 10 N–H and O–H groups in total. The van der Waals surface area contributed by atoms with Crippen LogP contribution in [0, 0.1) is 27.7 Å². The molecule has 640 valence electrons. The van der Waals surface area contributed by atoms with Gasteiger partial charge in [0.05, 0.1) is 67.9 Å². The Morgan fingerprint density at radius 1 is 0.411 bits per heavy atom. The molecule has 0 spiro atoms. The van der Waals surface area contributed by atoms with Crippen LogP contribution in [0.4, 0.5) is 0 Å². The van der Waals surface area contributed by atoms with Gasteiger partial charge in [0.2, 0.25) is 0 Å². The minimum atomic E-state index is -0.364. The van der Waals surface area contributed by atoms with E-state index in [2.05, 4.69) is 95.8 Å². The first-order chi connectivity index (χ1) is 59.6. The quantitative estimate of drug-likeness (QED) is 0.0216. The third-order valence-electron chi connectivity index (χ3n) is 22.0. The van der Waals surface area contributed by atoms with Crippen LogP contribution in [-0.2, 0) is 38.0 Å². The van der Waals surface area contributed by atoms with Gasteiger partial charge in [-0.2, -0.15) is 20.4 Å². The molecular weight excluding hydrogens is 1570 g/mol. The number of benzene rings is 4. The predicted molar refractivity (Wildman–Crippen MR) is 486 cm³/mol. The number of nitrogens with one attached hydrogen (secondary N) is 8. The van der Waals surface area contributed by atoms with E-state index in [0.717, 1.165) is 91.6 Å². The molecule has 12 aromatic heterocycles. The number of aryl methyl sites for hydroxylation is 8. The van der Waals surface area contributed by atoms with Crippen molar-refractivity contribution in [1.29, 1.82) is 0 Å². The molecule has 0 aliphatic carbocycles. The maximum atomic E-state index is 13.5. The number of aromatic amines is 4. The van der Waals surface area contributed by atoms with Gasteiger partial charge < -0.3 is 55.1 Å². The SMILES string of the molecule is Cc1[nH]nc2c1c(=O)n(CCC(C)(C)N)c1ccccc21.Cc1[nH]nc2c1c(=O)n(CCCNC(=O)c1ccccc1)c1cnc(C(=O)NCCN(C)C)cc21.Cc1[nH]nc2c1c(=O)n(CCCNC(=O)c1ccccc1)c1cnc(C(C)(C)c3ccncc3)cc21.Cc1[nH]nc2c1c(=O)n(CCCNC(=O)c1ccccc1)c1cnc(CCN(C)C)cc21. The third kappa shape index (κ3) is 19.8. The van der Waals surface area contributed by atoms with Crippen LogP contribution in [-0.4, -0.2) is 185 Å². The number of para-hydroxylation sites is 1. The van der Waals surface area contributed by atoms with Gasteiger partial charge in [0.25, 0.3) is 45.9 Å². The molecule has 4 aromatic carbocycles. The van der Waals surface area contributed by atoms with Gasteiger partial charge in [-0.3, -0.25) is 73.7 Å². The number of hydrogen-bond donors (Lipinski definition) is 9. The number of likely N-dealkylation sites (N-methyl/N-ethyl adjacent to an activating group) is 2. The fourth-order valence-electron chi connectivity index (χ4n) is 15.1. The topological polar surface area (TPSA) is 403 Å². The van der Waals surface area contributed by atoms with Gasteiger partial charge in [-0.25, -0.2) is 4.98 Å². The zero-order chi connectivity index (χ0) is 88.1. The fourth-order valence-corrected chi connectivity index (χ4v) is 15.1. The number of rotatable bonds is 27. The molecule has 4 amide bonds. The second-order valence-electron chi connectivity index (χ2n) is 32.6. The van der Waals surface area contributed by atoms with E-state index in [4.69, 9.17) is 10.7 Å². The molecule has 16 rings (SSSR count). The first-order valence-electron chi connectivity index (χ1n) is 41.4. The summed E-state index contributed by atoms with van der Waals surface area (Å²) in [4.78, 5) is 124. The lowest BCUT2D eigenvalue weighted by Crippen LogP contribution is -2.35. The average Bonchev–Trinajstić information content (AvgIpc) is 1.83. The van der Waals surface area contributed by atoms with Crippen LogP contribution < -0.4 is 49.2 Å². The van der Waals surface area contributed by atoms with E-state index in [1.165, 1.54) is 0 Å². The number of carbonyl (C=O) groups excluding carboxylic acids is 4. The molecule has 31 heteroatoms. The maximum absolute atomic E-state index is 13.5. The van der Waals surface area contributed by atoms with Crippen molar-refractivity contribution in [1.82, 2.24) is 110 Å². The van der Waals surface area contributed by atoms with Crippen molar-refractivity contribution in [2.45, 2.75) is 125 Å². The Kier molecular flexibility index (Phi) is 27.4. The smallest absolute Gasteiger partial charge is 0.269 e. The van der Waals surface area contributed by atoms with Crippen LogP contribution in [0.1, 0.15) is 135 Å². The molecule has 124 heavy (non-hydrogen) atoms. The van der Waals surface area contributed by atoms with E-state index in [0.29, 0.717) is 150 Å². The van der Waals surface area contributed by atoms with Gasteiger partial charge in [0.15, 0.2) is 0 Å². The molecule has 0 saturated carbocycles. The summed E-state index contributed by atoms with van der Waals surface area (Å²) in [6, 6.07) is 44.8. The third-order valence-corrected chi connectivity index (χ3v) is 22.0. The highest BCUT2D eigenvalue weighted by molar-refractivity contribution is 6.08. The molecule has 0 radical (unpaired) electrons.